The zero-order valence-electron chi connectivity index (χ0n) is 19.9. The summed E-state index contributed by atoms with van der Waals surface area (Å²) in [5.74, 6) is 0.804. The molecule has 1 aliphatic heterocycles. The Morgan fingerprint density at radius 1 is 1.05 bits per heavy atom. The minimum atomic E-state index is -0.160. The summed E-state index contributed by atoms with van der Waals surface area (Å²) < 4.78 is 1.98. The molecule has 37 heavy (non-hydrogen) atoms. The highest BCUT2D eigenvalue weighted by Gasteiger charge is 2.31. The van der Waals surface area contributed by atoms with Gasteiger partial charge in [0.25, 0.3) is 5.91 Å². The van der Waals surface area contributed by atoms with Crippen molar-refractivity contribution in [3.05, 3.63) is 81.7 Å². The van der Waals surface area contributed by atoms with E-state index >= 15 is 0 Å². The standard InChI is InChI=1S/C26H23Cl2N5O2S2/c1-17-15-31(11-12-32(17)25(35)20-10-9-18(27)14-21(20)28)23(34)16-37-26-30-29-24(22-8-5-13-36-22)33(26)19-6-3-2-4-7-19/h2-10,13-14,17H,11-12,15-16H2,1H3. The number of amides is 2. The summed E-state index contributed by atoms with van der Waals surface area (Å²) in [5, 5.41) is 12.3. The van der Waals surface area contributed by atoms with Crippen molar-refractivity contribution in [2.75, 3.05) is 25.4 Å². The molecule has 11 heteroatoms. The molecule has 0 N–H and O–H groups in total. The van der Waals surface area contributed by atoms with Crippen molar-refractivity contribution in [3.8, 4) is 16.4 Å². The first-order chi connectivity index (χ1) is 17.9. The number of halogens is 2. The molecule has 0 bridgehead atoms. The minimum Gasteiger partial charge on any atom is -0.338 e. The molecule has 1 fully saturated rings. The molecule has 2 aromatic carbocycles. The Balaban J connectivity index is 1.26. The lowest BCUT2D eigenvalue weighted by Gasteiger charge is -2.40. The van der Waals surface area contributed by atoms with Crippen molar-refractivity contribution in [1.29, 1.82) is 0 Å². The fourth-order valence-electron chi connectivity index (χ4n) is 4.26. The summed E-state index contributed by atoms with van der Waals surface area (Å²) in [7, 11) is 0. The number of nitrogens with zero attached hydrogens (tertiary/aromatic N) is 5. The second kappa shape index (κ2) is 11.3. The number of hydrogen-bond acceptors (Lipinski definition) is 6. The largest absolute Gasteiger partial charge is 0.338 e. The molecule has 1 aliphatic rings. The average Bonchev–Trinajstić information content (AvgIpc) is 3.57. The quantitative estimate of drug-likeness (QED) is 0.275. The van der Waals surface area contributed by atoms with Crippen LogP contribution in [0.25, 0.3) is 16.4 Å². The second-order valence-corrected chi connectivity index (χ2v) is 11.3. The molecule has 4 aromatic rings. The fraction of sp³-hybridized carbons (Fsp3) is 0.231. The first-order valence-electron chi connectivity index (χ1n) is 11.6. The number of thioether (sulfide) groups is 1. The predicted octanol–water partition coefficient (Wildman–Crippen LogP) is 5.77. The van der Waals surface area contributed by atoms with Crippen molar-refractivity contribution in [2.45, 2.75) is 18.1 Å². The van der Waals surface area contributed by atoms with Gasteiger partial charge in [-0.25, -0.2) is 0 Å². The van der Waals surface area contributed by atoms with Crippen LogP contribution in [-0.2, 0) is 4.79 Å². The van der Waals surface area contributed by atoms with Crippen LogP contribution in [-0.4, -0.2) is 67.8 Å². The summed E-state index contributed by atoms with van der Waals surface area (Å²) in [6.45, 7) is 3.26. The molecule has 190 valence electrons. The summed E-state index contributed by atoms with van der Waals surface area (Å²) in [6, 6.07) is 18.6. The molecular formula is C26H23Cl2N5O2S2. The molecule has 5 rings (SSSR count). The fourth-order valence-corrected chi connectivity index (χ4v) is 6.30. The number of aromatic nitrogens is 3. The second-order valence-electron chi connectivity index (χ2n) is 8.55. The van der Waals surface area contributed by atoms with Gasteiger partial charge in [-0.1, -0.05) is 59.2 Å². The van der Waals surface area contributed by atoms with Gasteiger partial charge in [0.05, 0.1) is 21.2 Å². The Kier molecular flexibility index (Phi) is 7.85. The molecule has 0 saturated carbocycles. The highest BCUT2D eigenvalue weighted by molar-refractivity contribution is 7.99. The van der Waals surface area contributed by atoms with E-state index in [0.717, 1.165) is 16.4 Å². The number of piperazine rings is 1. The summed E-state index contributed by atoms with van der Waals surface area (Å²) in [4.78, 5) is 30.8. The van der Waals surface area contributed by atoms with E-state index in [0.29, 0.717) is 40.4 Å². The molecule has 7 nitrogen and oxygen atoms in total. The van der Waals surface area contributed by atoms with Crippen LogP contribution in [0.5, 0.6) is 0 Å². The third-order valence-corrected chi connectivity index (χ3v) is 8.44. The van der Waals surface area contributed by atoms with E-state index in [1.165, 1.54) is 11.8 Å². The number of carbonyl (C=O) groups is 2. The van der Waals surface area contributed by atoms with Gasteiger partial charge < -0.3 is 9.80 Å². The zero-order valence-corrected chi connectivity index (χ0v) is 23.0. The molecule has 0 aliphatic carbocycles. The minimum absolute atomic E-state index is 0.00578. The van der Waals surface area contributed by atoms with Gasteiger partial charge in [-0.2, -0.15) is 0 Å². The van der Waals surface area contributed by atoms with E-state index in [4.69, 9.17) is 23.2 Å². The van der Waals surface area contributed by atoms with E-state index in [1.54, 1.807) is 39.3 Å². The number of benzene rings is 2. The third kappa shape index (κ3) is 5.55. The lowest BCUT2D eigenvalue weighted by atomic mass is 10.1. The van der Waals surface area contributed by atoms with Crippen molar-refractivity contribution in [3.63, 3.8) is 0 Å². The average molecular weight is 573 g/mol. The first kappa shape index (κ1) is 25.8. The number of thiophene rings is 1. The van der Waals surface area contributed by atoms with E-state index in [1.807, 2.05) is 59.3 Å². The van der Waals surface area contributed by atoms with Crippen molar-refractivity contribution >= 4 is 58.1 Å². The van der Waals surface area contributed by atoms with E-state index in [-0.39, 0.29) is 23.6 Å². The van der Waals surface area contributed by atoms with Crippen molar-refractivity contribution < 1.29 is 9.59 Å². The maximum absolute atomic E-state index is 13.1. The van der Waals surface area contributed by atoms with Crippen LogP contribution in [0.2, 0.25) is 10.0 Å². The zero-order chi connectivity index (χ0) is 25.9. The molecule has 2 amide bonds. The highest BCUT2D eigenvalue weighted by atomic mass is 35.5. The van der Waals surface area contributed by atoms with Gasteiger partial charge in [0, 0.05) is 36.4 Å². The number of rotatable bonds is 6. The van der Waals surface area contributed by atoms with Crippen LogP contribution in [0.1, 0.15) is 17.3 Å². The molecule has 1 saturated heterocycles. The molecule has 1 atom stereocenters. The van der Waals surface area contributed by atoms with Crippen molar-refractivity contribution in [2.24, 2.45) is 0 Å². The summed E-state index contributed by atoms with van der Waals surface area (Å²) in [6.07, 6.45) is 0. The topological polar surface area (TPSA) is 71.3 Å². The van der Waals surface area contributed by atoms with E-state index in [9.17, 15) is 9.59 Å². The van der Waals surface area contributed by atoms with Gasteiger partial charge in [0.1, 0.15) is 0 Å². The normalized spacial score (nSPS) is 15.7. The number of carbonyl (C=O) groups excluding carboxylic acids is 2. The third-order valence-electron chi connectivity index (χ3n) is 6.12. The monoisotopic (exact) mass is 571 g/mol. The molecule has 3 heterocycles. The smallest absolute Gasteiger partial charge is 0.255 e. The molecular weight excluding hydrogens is 549 g/mol. The lowest BCUT2D eigenvalue weighted by Crippen LogP contribution is -2.55. The maximum Gasteiger partial charge on any atom is 0.255 e. The van der Waals surface area contributed by atoms with Gasteiger partial charge in [-0.15, -0.1) is 21.5 Å². The Bertz CT molecular complexity index is 1410. The first-order valence-corrected chi connectivity index (χ1v) is 14.3. The van der Waals surface area contributed by atoms with Crippen LogP contribution >= 0.6 is 46.3 Å². The van der Waals surface area contributed by atoms with E-state index in [2.05, 4.69) is 10.2 Å². The molecule has 0 spiro atoms. The highest BCUT2D eigenvalue weighted by Crippen LogP contribution is 2.31. The van der Waals surface area contributed by atoms with Crippen LogP contribution in [0, 0.1) is 0 Å². The van der Waals surface area contributed by atoms with E-state index < -0.39 is 0 Å². The van der Waals surface area contributed by atoms with Gasteiger partial charge in [0.2, 0.25) is 5.91 Å². The van der Waals surface area contributed by atoms with Gasteiger partial charge >= 0.3 is 0 Å². The predicted molar refractivity (Wildman–Crippen MR) is 149 cm³/mol. The maximum atomic E-state index is 13.1. The molecule has 1 unspecified atom stereocenters. The lowest BCUT2D eigenvalue weighted by molar-refractivity contribution is -0.130. The summed E-state index contributed by atoms with van der Waals surface area (Å²) >= 11 is 15.2. The van der Waals surface area contributed by atoms with Crippen LogP contribution in [0.3, 0.4) is 0 Å². The Morgan fingerprint density at radius 3 is 2.57 bits per heavy atom. The van der Waals surface area contributed by atoms with Gasteiger partial charge in [0.15, 0.2) is 11.0 Å². The SMILES string of the molecule is CC1CN(C(=O)CSc2nnc(-c3cccs3)n2-c2ccccc2)CCN1C(=O)c1ccc(Cl)cc1Cl. The van der Waals surface area contributed by atoms with Crippen molar-refractivity contribution in [1.82, 2.24) is 24.6 Å². The van der Waals surface area contributed by atoms with Crippen LogP contribution in [0.15, 0.2) is 71.2 Å². The Morgan fingerprint density at radius 2 is 1.86 bits per heavy atom. The Hall–Kier alpha value is -2.85. The van der Waals surface area contributed by atoms with Gasteiger partial charge in [-0.3, -0.25) is 14.2 Å². The van der Waals surface area contributed by atoms with Gasteiger partial charge in [-0.05, 0) is 48.7 Å². The van der Waals surface area contributed by atoms with Crippen LogP contribution < -0.4 is 0 Å². The number of hydrogen-bond donors (Lipinski definition) is 0. The van der Waals surface area contributed by atoms with Crippen LogP contribution in [0.4, 0.5) is 0 Å². The summed E-state index contributed by atoms with van der Waals surface area (Å²) in [5.41, 5.74) is 1.35. The number of para-hydroxylation sites is 1. The Labute approximate surface area is 233 Å². The molecule has 0 radical (unpaired) electrons. The molecule has 2 aromatic heterocycles.